The van der Waals surface area contributed by atoms with Crippen molar-refractivity contribution in [3.05, 3.63) is 30.3 Å². The van der Waals surface area contributed by atoms with Crippen molar-refractivity contribution in [2.45, 2.75) is 42.9 Å². The molecular weight excluding hydrogens is 232 g/mol. The average Bonchev–Trinajstić information content (AvgIpc) is 2.37. The van der Waals surface area contributed by atoms with Crippen LogP contribution in [0.1, 0.15) is 27.2 Å². The van der Waals surface area contributed by atoms with E-state index in [1.165, 1.54) is 0 Å². The van der Waals surface area contributed by atoms with Crippen molar-refractivity contribution in [3.8, 4) is 0 Å². The van der Waals surface area contributed by atoms with Gasteiger partial charge in [0.1, 0.15) is 0 Å². The third-order valence-corrected chi connectivity index (χ3v) is 4.75. The zero-order valence-electron chi connectivity index (χ0n) is 10.8. The van der Waals surface area contributed by atoms with Gasteiger partial charge in [-0.25, -0.2) is 0 Å². The van der Waals surface area contributed by atoms with E-state index >= 15 is 0 Å². The molecule has 0 radical (unpaired) electrons. The summed E-state index contributed by atoms with van der Waals surface area (Å²) in [5, 5.41) is 19.5. The number of benzene rings is 1. The molecule has 0 unspecified atom stereocenters. The number of aliphatic hydroxyl groups is 2. The van der Waals surface area contributed by atoms with Crippen LogP contribution in [0.3, 0.4) is 0 Å². The van der Waals surface area contributed by atoms with Gasteiger partial charge in [-0.1, -0.05) is 32.0 Å². The lowest BCUT2D eigenvalue weighted by atomic mass is 9.91. The summed E-state index contributed by atoms with van der Waals surface area (Å²) >= 11 is 1.68. The minimum atomic E-state index is -0.511. The Morgan fingerprint density at radius 1 is 1.29 bits per heavy atom. The van der Waals surface area contributed by atoms with Gasteiger partial charge in [-0.05, 0) is 25.5 Å². The van der Waals surface area contributed by atoms with E-state index in [1.807, 2.05) is 25.1 Å². The molecule has 3 heteroatoms. The zero-order valence-corrected chi connectivity index (χ0v) is 11.6. The molecule has 0 aliphatic carbocycles. The van der Waals surface area contributed by atoms with Gasteiger partial charge in [0.05, 0.1) is 6.10 Å². The maximum Gasteiger partial charge on any atom is 0.0734 e. The Kier molecular flexibility index (Phi) is 5.50. The molecule has 3 atom stereocenters. The first-order valence-electron chi connectivity index (χ1n) is 6.06. The molecule has 2 N–H and O–H groups in total. The highest BCUT2D eigenvalue weighted by Crippen LogP contribution is 2.40. The molecule has 0 bridgehead atoms. The van der Waals surface area contributed by atoms with Crippen molar-refractivity contribution in [1.29, 1.82) is 0 Å². The Morgan fingerprint density at radius 2 is 1.88 bits per heavy atom. The highest BCUT2D eigenvalue weighted by molar-refractivity contribution is 8.00. The van der Waals surface area contributed by atoms with Crippen LogP contribution in [0.5, 0.6) is 0 Å². The fraction of sp³-hybridized carbons (Fsp3) is 0.571. The van der Waals surface area contributed by atoms with Crippen LogP contribution >= 0.6 is 11.8 Å². The minimum Gasteiger partial charge on any atom is -0.396 e. The number of rotatable bonds is 6. The van der Waals surface area contributed by atoms with Gasteiger partial charge in [0.25, 0.3) is 0 Å². The van der Waals surface area contributed by atoms with E-state index in [1.54, 1.807) is 11.8 Å². The summed E-state index contributed by atoms with van der Waals surface area (Å²) < 4.78 is -0.260. The van der Waals surface area contributed by atoms with Gasteiger partial charge >= 0.3 is 0 Å². The van der Waals surface area contributed by atoms with Crippen molar-refractivity contribution in [2.75, 3.05) is 6.61 Å². The van der Waals surface area contributed by atoms with Crippen LogP contribution in [-0.2, 0) is 0 Å². The van der Waals surface area contributed by atoms with Crippen LogP contribution in [0.15, 0.2) is 35.2 Å². The van der Waals surface area contributed by atoms with Crippen molar-refractivity contribution in [3.63, 3.8) is 0 Å². The number of thioether (sulfide) groups is 1. The SMILES string of the molecule is CC[C@](C)(Sc1ccccc1)[C@H](O)[C@H](C)CO. The summed E-state index contributed by atoms with van der Waals surface area (Å²) in [5.74, 6) is -0.101. The summed E-state index contributed by atoms with van der Waals surface area (Å²) in [6, 6.07) is 10.1. The second kappa shape index (κ2) is 6.43. The molecule has 0 fully saturated rings. The lowest BCUT2D eigenvalue weighted by molar-refractivity contribution is 0.0490. The molecule has 0 aliphatic rings. The molecule has 0 aromatic heterocycles. The maximum atomic E-state index is 10.3. The Labute approximate surface area is 108 Å². The molecule has 0 amide bonds. The molecule has 1 aromatic rings. The van der Waals surface area contributed by atoms with E-state index in [0.29, 0.717) is 0 Å². The van der Waals surface area contributed by atoms with E-state index < -0.39 is 6.10 Å². The van der Waals surface area contributed by atoms with E-state index in [2.05, 4.69) is 26.0 Å². The predicted molar refractivity (Wildman–Crippen MR) is 73.3 cm³/mol. The largest absolute Gasteiger partial charge is 0.396 e. The van der Waals surface area contributed by atoms with Gasteiger partial charge in [-0.2, -0.15) is 0 Å². The fourth-order valence-electron chi connectivity index (χ4n) is 1.80. The van der Waals surface area contributed by atoms with Crippen molar-refractivity contribution < 1.29 is 10.2 Å². The van der Waals surface area contributed by atoms with E-state index in [-0.39, 0.29) is 17.3 Å². The van der Waals surface area contributed by atoms with Gasteiger partial charge in [0, 0.05) is 22.2 Å². The first kappa shape index (κ1) is 14.6. The molecule has 0 aliphatic heterocycles. The van der Waals surface area contributed by atoms with Crippen LogP contribution in [-0.4, -0.2) is 27.7 Å². The van der Waals surface area contributed by atoms with Crippen LogP contribution in [0.25, 0.3) is 0 Å². The van der Waals surface area contributed by atoms with E-state index in [0.717, 1.165) is 11.3 Å². The molecule has 0 saturated heterocycles. The first-order valence-corrected chi connectivity index (χ1v) is 6.88. The van der Waals surface area contributed by atoms with Gasteiger partial charge in [-0.3, -0.25) is 0 Å². The van der Waals surface area contributed by atoms with Gasteiger partial charge < -0.3 is 10.2 Å². The number of hydrogen-bond acceptors (Lipinski definition) is 3. The predicted octanol–water partition coefficient (Wildman–Crippen LogP) is 2.94. The highest BCUT2D eigenvalue weighted by atomic mass is 32.2. The van der Waals surface area contributed by atoms with Gasteiger partial charge in [0.15, 0.2) is 0 Å². The van der Waals surface area contributed by atoms with E-state index in [9.17, 15) is 5.11 Å². The van der Waals surface area contributed by atoms with Crippen molar-refractivity contribution in [2.24, 2.45) is 5.92 Å². The van der Waals surface area contributed by atoms with Crippen LogP contribution in [0.2, 0.25) is 0 Å². The minimum absolute atomic E-state index is 0.0199. The molecule has 1 aromatic carbocycles. The second-order valence-corrected chi connectivity index (χ2v) is 6.29. The lowest BCUT2D eigenvalue weighted by Crippen LogP contribution is -2.41. The Morgan fingerprint density at radius 3 is 2.35 bits per heavy atom. The first-order chi connectivity index (χ1) is 8.03. The molecule has 2 nitrogen and oxygen atoms in total. The number of aliphatic hydroxyl groups excluding tert-OH is 2. The van der Waals surface area contributed by atoms with Gasteiger partial charge in [0.2, 0.25) is 0 Å². The Balaban J connectivity index is 2.82. The van der Waals surface area contributed by atoms with Gasteiger partial charge in [-0.15, -0.1) is 11.8 Å². The summed E-state index contributed by atoms with van der Waals surface area (Å²) in [6.07, 6.45) is 0.348. The summed E-state index contributed by atoms with van der Waals surface area (Å²) in [7, 11) is 0. The molecule has 96 valence electrons. The fourth-order valence-corrected chi connectivity index (χ4v) is 3.13. The molecular formula is C14H22O2S. The maximum absolute atomic E-state index is 10.3. The Hall–Kier alpha value is -0.510. The summed E-state index contributed by atoms with van der Waals surface area (Å²) in [5.41, 5.74) is 0. The monoisotopic (exact) mass is 254 g/mol. The third-order valence-electron chi connectivity index (χ3n) is 3.25. The molecule has 1 rings (SSSR count). The smallest absolute Gasteiger partial charge is 0.0734 e. The second-order valence-electron chi connectivity index (χ2n) is 4.69. The van der Waals surface area contributed by atoms with E-state index in [4.69, 9.17) is 5.11 Å². The van der Waals surface area contributed by atoms with Crippen LogP contribution in [0, 0.1) is 5.92 Å². The summed E-state index contributed by atoms with van der Waals surface area (Å²) in [6.45, 7) is 6.03. The Bertz CT molecular complexity index is 328. The van der Waals surface area contributed by atoms with Crippen LogP contribution in [0.4, 0.5) is 0 Å². The molecule has 0 spiro atoms. The highest BCUT2D eigenvalue weighted by Gasteiger charge is 2.35. The standard InChI is InChI=1S/C14H22O2S/c1-4-14(3,13(16)11(2)10-15)17-12-8-6-5-7-9-12/h5-9,11,13,15-16H,4,10H2,1-3H3/t11-,13-,14+/m1/s1. The third kappa shape index (κ3) is 3.73. The van der Waals surface area contributed by atoms with Crippen LogP contribution < -0.4 is 0 Å². The topological polar surface area (TPSA) is 40.5 Å². The average molecular weight is 254 g/mol. The van der Waals surface area contributed by atoms with Crippen molar-refractivity contribution >= 4 is 11.8 Å². The van der Waals surface area contributed by atoms with Crippen molar-refractivity contribution in [1.82, 2.24) is 0 Å². The number of hydrogen-bond donors (Lipinski definition) is 2. The normalized spacial score (nSPS) is 18.4. The quantitative estimate of drug-likeness (QED) is 0.767. The lowest BCUT2D eigenvalue weighted by Gasteiger charge is -2.36. The molecule has 0 heterocycles. The molecule has 17 heavy (non-hydrogen) atoms. The summed E-state index contributed by atoms with van der Waals surface area (Å²) in [4.78, 5) is 1.15. The molecule has 0 saturated carbocycles. The zero-order chi connectivity index (χ0) is 12.9.